The number of rotatable bonds is 2. The van der Waals surface area contributed by atoms with Gasteiger partial charge in [0.15, 0.2) is 6.17 Å². The molecule has 3 aliphatic heterocycles. The molecule has 4 rings (SSSR count). The molecule has 6 heteroatoms. The van der Waals surface area contributed by atoms with Gasteiger partial charge in [-0.25, -0.2) is 0 Å². The van der Waals surface area contributed by atoms with E-state index in [1.54, 1.807) is 0 Å². The monoisotopic (exact) mass is 400 g/mol. The predicted octanol–water partition coefficient (Wildman–Crippen LogP) is 3.93. The number of carbonyl (C=O) groups is 1. The summed E-state index contributed by atoms with van der Waals surface area (Å²) in [6.45, 7) is 6.22. The Kier molecular flexibility index (Phi) is 3.65. The Balaban J connectivity index is 2.00. The highest BCUT2D eigenvalue weighted by atomic mass is 79.9. The molecule has 1 aromatic rings. The van der Waals surface area contributed by atoms with E-state index in [0.717, 1.165) is 39.7 Å². The van der Waals surface area contributed by atoms with Crippen molar-refractivity contribution in [3.63, 3.8) is 0 Å². The molecule has 0 saturated carbocycles. The lowest BCUT2D eigenvalue weighted by Crippen LogP contribution is -2.58. The molecule has 0 aromatic heterocycles. The van der Waals surface area contributed by atoms with Crippen LogP contribution in [0.25, 0.3) is 0 Å². The van der Waals surface area contributed by atoms with Crippen LogP contribution in [0, 0.1) is 0 Å². The van der Waals surface area contributed by atoms with Gasteiger partial charge in [-0.2, -0.15) is 10.2 Å². The van der Waals surface area contributed by atoms with Crippen LogP contribution in [0.2, 0.25) is 0 Å². The van der Waals surface area contributed by atoms with Crippen LogP contribution in [0.15, 0.2) is 62.0 Å². The van der Waals surface area contributed by atoms with Gasteiger partial charge in [0.1, 0.15) is 0 Å². The number of amides is 1. The molecular weight excluding hydrogens is 380 g/mol. The first-order chi connectivity index (χ1) is 11.9. The van der Waals surface area contributed by atoms with Gasteiger partial charge in [-0.1, -0.05) is 35.0 Å². The van der Waals surface area contributed by atoms with E-state index in [4.69, 9.17) is 0 Å². The number of hydrogen-bond acceptors (Lipinski definition) is 4. The summed E-state index contributed by atoms with van der Waals surface area (Å²) in [4.78, 5) is 13.2. The van der Waals surface area contributed by atoms with Gasteiger partial charge in [-0.15, -0.1) is 0 Å². The van der Waals surface area contributed by atoms with Crippen molar-refractivity contribution in [1.82, 2.24) is 10.6 Å². The zero-order chi connectivity index (χ0) is 17.8. The Morgan fingerprint density at radius 1 is 1.36 bits per heavy atom. The lowest BCUT2D eigenvalue weighted by molar-refractivity contribution is -0.120. The number of fused-ring (bicyclic) bond motifs is 1. The second kappa shape index (κ2) is 5.53. The summed E-state index contributed by atoms with van der Waals surface area (Å²) in [5, 5.41) is 15.2. The number of halogens is 1. The molecule has 5 nitrogen and oxygen atoms in total. The molecule has 2 unspecified atom stereocenters. The van der Waals surface area contributed by atoms with Crippen molar-refractivity contribution < 1.29 is 4.79 Å². The summed E-state index contributed by atoms with van der Waals surface area (Å²) in [5.74, 6) is -0.00757. The van der Waals surface area contributed by atoms with Gasteiger partial charge in [0.25, 0.3) is 5.91 Å². The Morgan fingerprint density at radius 3 is 2.88 bits per heavy atom. The molecule has 0 bridgehead atoms. The standard InChI is InChI=1S/C19H21BrN4O/c1-4-19(11-6-5-7-12(20)8-11)13-10-21-24-16(13)22-14-9-18(2,3)23-17(25)15(14)19/h5-8,10,16,22H,4,9H2,1-3H3,(H,23,25). The predicted molar refractivity (Wildman–Crippen MR) is 99.8 cm³/mol. The van der Waals surface area contributed by atoms with Crippen LogP contribution >= 0.6 is 15.9 Å². The van der Waals surface area contributed by atoms with Gasteiger partial charge >= 0.3 is 0 Å². The fraction of sp³-hybridized carbons (Fsp3) is 0.421. The highest BCUT2D eigenvalue weighted by Gasteiger charge is 2.53. The molecule has 1 aromatic carbocycles. The molecular formula is C19H21BrN4O. The fourth-order valence-corrected chi connectivity index (χ4v) is 4.76. The maximum Gasteiger partial charge on any atom is 0.250 e. The van der Waals surface area contributed by atoms with Crippen molar-refractivity contribution in [3.05, 3.63) is 57.3 Å². The van der Waals surface area contributed by atoms with Gasteiger partial charge < -0.3 is 10.6 Å². The van der Waals surface area contributed by atoms with Crippen molar-refractivity contribution in [1.29, 1.82) is 0 Å². The van der Waals surface area contributed by atoms with Crippen LogP contribution in [0.4, 0.5) is 0 Å². The molecule has 0 aliphatic carbocycles. The minimum atomic E-state index is -0.515. The minimum absolute atomic E-state index is 0.00757. The van der Waals surface area contributed by atoms with Crippen molar-refractivity contribution >= 4 is 21.8 Å². The Morgan fingerprint density at radius 2 is 2.16 bits per heavy atom. The molecule has 0 saturated heterocycles. The summed E-state index contributed by atoms with van der Waals surface area (Å²) in [7, 11) is 0. The maximum atomic E-state index is 13.2. The van der Waals surface area contributed by atoms with Crippen LogP contribution in [0.3, 0.4) is 0 Å². The highest BCUT2D eigenvalue weighted by Crippen LogP contribution is 2.51. The summed E-state index contributed by atoms with van der Waals surface area (Å²) in [6.07, 6.45) is 3.15. The smallest absolute Gasteiger partial charge is 0.250 e. The average Bonchev–Trinajstić information content (AvgIpc) is 3.00. The highest BCUT2D eigenvalue weighted by molar-refractivity contribution is 9.10. The van der Waals surface area contributed by atoms with E-state index in [1.165, 1.54) is 0 Å². The topological polar surface area (TPSA) is 65.8 Å². The third-order valence-corrected chi connectivity index (χ3v) is 5.84. The van der Waals surface area contributed by atoms with E-state index in [2.05, 4.69) is 55.8 Å². The lowest BCUT2D eigenvalue weighted by Gasteiger charge is -2.48. The number of carbonyl (C=O) groups excluding carboxylic acids is 1. The third kappa shape index (κ3) is 2.38. The molecule has 2 N–H and O–H groups in total. The molecule has 0 fully saturated rings. The van der Waals surface area contributed by atoms with Crippen LogP contribution in [-0.2, 0) is 10.2 Å². The van der Waals surface area contributed by atoms with Gasteiger partial charge in [-0.3, -0.25) is 4.79 Å². The number of nitrogens with zero attached hydrogens (tertiary/aromatic N) is 2. The SMILES string of the molecule is CCC1(c2cccc(Br)c2)C2=CN=NC2NC2=C1C(=O)NC(C)(C)C2. The molecule has 3 aliphatic rings. The van der Waals surface area contributed by atoms with Crippen molar-refractivity contribution in [3.8, 4) is 0 Å². The molecule has 1 amide bonds. The second-order valence-corrected chi connectivity index (χ2v) is 8.42. The van der Waals surface area contributed by atoms with Gasteiger partial charge in [0.05, 0.1) is 17.2 Å². The Bertz CT molecular complexity index is 855. The maximum absolute atomic E-state index is 13.2. The van der Waals surface area contributed by atoms with Crippen LogP contribution < -0.4 is 10.6 Å². The number of nitrogens with one attached hydrogen (secondary N) is 2. The van der Waals surface area contributed by atoms with E-state index in [9.17, 15) is 4.79 Å². The summed E-state index contributed by atoms with van der Waals surface area (Å²) >= 11 is 3.58. The number of benzene rings is 1. The summed E-state index contributed by atoms with van der Waals surface area (Å²) < 4.78 is 0.999. The normalized spacial score (nSPS) is 29.5. The molecule has 0 radical (unpaired) electrons. The minimum Gasteiger partial charge on any atom is -0.362 e. The zero-order valence-corrected chi connectivity index (χ0v) is 16.1. The summed E-state index contributed by atoms with van der Waals surface area (Å²) in [5.41, 5.74) is 3.13. The third-order valence-electron chi connectivity index (χ3n) is 5.35. The van der Waals surface area contributed by atoms with E-state index < -0.39 is 5.41 Å². The quantitative estimate of drug-likeness (QED) is 0.789. The fourth-order valence-electron chi connectivity index (χ4n) is 4.36. The van der Waals surface area contributed by atoms with Crippen molar-refractivity contribution in [2.24, 2.45) is 10.2 Å². The van der Waals surface area contributed by atoms with Crippen LogP contribution in [0.5, 0.6) is 0 Å². The zero-order valence-electron chi connectivity index (χ0n) is 14.6. The Labute approximate surface area is 155 Å². The van der Waals surface area contributed by atoms with Crippen molar-refractivity contribution in [2.45, 2.75) is 50.7 Å². The first-order valence-electron chi connectivity index (χ1n) is 8.56. The molecule has 130 valence electrons. The molecule has 3 heterocycles. The first-order valence-corrected chi connectivity index (χ1v) is 9.36. The lowest BCUT2D eigenvalue weighted by atomic mass is 9.62. The second-order valence-electron chi connectivity index (χ2n) is 7.50. The van der Waals surface area contributed by atoms with Gasteiger partial charge in [0, 0.05) is 27.7 Å². The van der Waals surface area contributed by atoms with E-state index in [0.29, 0.717) is 0 Å². The number of azo groups is 1. The van der Waals surface area contributed by atoms with E-state index >= 15 is 0 Å². The number of hydrogen-bond donors (Lipinski definition) is 2. The van der Waals surface area contributed by atoms with Crippen molar-refractivity contribution in [2.75, 3.05) is 0 Å². The van der Waals surface area contributed by atoms with E-state index in [1.807, 2.05) is 32.2 Å². The molecule has 2 atom stereocenters. The molecule has 25 heavy (non-hydrogen) atoms. The first kappa shape index (κ1) is 16.5. The van der Waals surface area contributed by atoms with Crippen LogP contribution in [-0.4, -0.2) is 17.6 Å². The van der Waals surface area contributed by atoms with Crippen LogP contribution in [0.1, 0.15) is 39.2 Å². The average molecular weight is 401 g/mol. The van der Waals surface area contributed by atoms with E-state index in [-0.39, 0.29) is 17.6 Å². The van der Waals surface area contributed by atoms with Gasteiger partial charge in [-0.05, 0) is 38.0 Å². The van der Waals surface area contributed by atoms with Gasteiger partial charge in [0.2, 0.25) is 0 Å². The largest absolute Gasteiger partial charge is 0.362 e. The summed E-state index contributed by atoms with van der Waals surface area (Å²) in [6, 6.07) is 8.21. The Hall–Kier alpha value is -1.95. The molecule has 0 spiro atoms.